The molecule has 164 valence electrons. The number of benzene rings is 2. The lowest BCUT2D eigenvalue weighted by atomic mass is 10.1. The van der Waals surface area contributed by atoms with E-state index in [0.29, 0.717) is 5.02 Å². The molecule has 0 bridgehead atoms. The zero-order chi connectivity index (χ0) is 22.8. The normalized spacial score (nSPS) is 13.1. The van der Waals surface area contributed by atoms with Crippen molar-refractivity contribution in [1.82, 2.24) is 0 Å². The molecule has 9 heteroatoms. The minimum absolute atomic E-state index is 0.199. The van der Waals surface area contributed by atoms with Gasteiger partial charge in [0.15, 0.2) is 0 Å². The Bertz CT molecular complexity index is 1110. The Hall–Kier alpha value is -2.58. The van der Waals surface area contributed by atoms with Gasteiger partial charge in [-0.15, -0.1) is 0 Å². The van der Waals surface area contributed by atoms with Crippen LogP contribution in [0.25, 0.3) is 22.4 Å². The first-order chi connectivity index (χ1) is 14.6. The molecule has 0 amide bonds. The molecule has 0 fully saturated rings. The van der Waals surface area contributed by atoms with Gasteiger partial charge in [0, 0.05) is 22.9 Å². The second-order valence-corrected chi connectivity index (χ2v) is 8.48. The number of aromatic nitrogens is 1. The van der Waals surface area contributed by atoms with E-state index < -0.39 is 24.7 Å². The summed E-state index contributed by atoms with van der Waals surface area (Å²) in [5, 5.41) is 10.9. The fraction of sp³-hybridized carbons (Fsp3) is 0.273. The first kappa shape index (κ1) is 23.1. The average Bonchev–Trinajstić information content (AvgIpc) is 3.06. The zero-order valence-corrected chi connectivity index (χ0v) is 18.4. The summed E-state index contributed by atoms with van der Waals surface area (Å²) in [5.74, 6) is -1.32. The van der Waals surface area contributed by atoms with Crippen molar-refractivity contribution in [3.05, 3.63) is 58.1 Å². The molecule has 0 saturated carbocycles. The van der Waals surface area contributed by atoms with Gasteiger partial charge < -0.3 is 10.0 Å². The van der Waals surface area contributed by atoms with E-state index in [1.54, 1.807) is 23.5 Å². The Morgan fingerprint density at radius 3 is 2.48 bits per heavy atom. The Balaban J connectivity index is 1.86. The molecule has 0 radical (unpaired) electrons. The second-order valence-electron chi connectivity index (χ2n) is 6.98. The van der Waals surface area contributed by atoms with Crippen molar-refractivity contribution in [2.75, 3.05) is 11.4 Å². The summed E-state index contributed by atoms with van der Waals surface area (Å²) in [6, 6.07) is 10.8. The Morgan fingerprint density at radius 2 is 1.90 bits per heavy atom. The molecule has 0 saturated heterocycles. The van der Waals surface area contributed by atoms with Gasteiger partial charge in [0.2, 0.25) is 5.52 Å². The number of nitrogens with zero attached hydrogens (tertiary/aromatic N) is 2. The highest BCUT2D eigenvalue weighted by molar-refractivity contribution is 7.18. The maximum absolute atomic E-state index is 12.9. The first-order valence-electron chi connectivity index (χ1n) is 9.55. The van der Waals surface area contributed by atoms with Gasteiger partial charge in [-0.2, -0.15) is 17.7 Å². The topological polar surface area (TPSA) is 44.4 Å². The number of rotatable bonds is 7. The number of aryl methyl sites for hydroxylation is 1. The first-order valence-corrected chi connectivity index (χ1v) is 10.7. The molecule has 1 atom stereocenters. The number of aliphatic carboxylic acids is 1. The Morgan fingerprint density at radius 1 is 1.23 bits per heavy atom. The molecule has 3 aromatic rings. The van der Waals surface area contributed by atoms with Gasteiger partial charge in [-0.25, -0.2) is 4.79 Å². The largest absolute Gasteiger partial charge is 0.480 e. The van der Waals surface area contributed by atoms with E-state index in [4.69, 9.17) is 11.6 Å². The molecule has 0 spiro atoms. The number of anilines is 1. The summed E-state index contributed by atoms with van der Waals surface area (Å²) in [6.07, 6.45) is -0.693. The lowest BCUT2D eigenvalue weighted by molar-refractivity contribution is -0.665. The van der Waals surface area contributed by atoms with Crippen LogP contribution in [0.2, 0.25) is 5.02 Å². The third kappa shape index (κ3) is 5.57. The van der Waals surface area contributed by atoms with Crippen LogP contribution in [0.4, 0.5) is 18.9 Å². The van der Waals surface area contributed by atoms with Crippen LogP contribution in [-0.2, 0) is 11.3 Å². The van der Waals surface area contributed by atoms with Crippen LogP contribution in [-0.4, -0.2) is 29.8 Å². The minimum atomic E-state index is -4.51. The second kappa shape index (κ2) is 9.28. The Kier molecular flexibility index (Phi) is 6.91. The number of hydrogen-bond acceptors (Lipinski definition) is 3. The summed E-state index contributed by atoms with van der Waals surface area (Å²) >= 11 is 7.73. The van der Waals surface area contributed by atoms with Crippen LogP contribution in [0.15, 0.2) is 42.5 Å². The predicted molar refractivity (Wildman–Crippen MR) is 119 cm³/mol. The molecule has 31 heavy (non-hydrogen) atoms. The molecule has 1 unspecified atom stereocenters. The van der Waals surface area contributed by atoms with Gasteiger partial charge >= 0.3 is 12.1 Å². The van der Waals surface area contributed by atoms with Crippen molar-refractivity contribution in [3.8, 4) is 0 Å². The third-order valence-electron chi connectivity index (χ3n) is 4.83. The van der Waals surface area contributed by atoms with Crippen LogP contribution in [0, 0.1) is 0 Å². The van der Waals surface area contributed by atoms with Crippen molar-refractivity contribution in [3.63, 3.8) is 0 Å². The monoisotopic (exact) mass is 469 g/mol. The molecule has 0 aliphatic rings. The summed E-state index contributed by atoms with van der Waals surface area (Å²) in [6.45, 7) is 2.70. The Labute approximate surface area is 186 Å². The van der Waals surface area contributed by atoms with Gasteiger partial charge in [0.05, 0.1) is 0 Å². The van der Waals surface area contributed by atoms with Crippen molar-refractivity contribution in [2.45, 2.75) is 32.6 Å². The maximum Gasteiger partial charge on any atom is 0.405 e. The number of hydrogen-bond donors (Lipinski definition) is 1. The lowest BCUT2D eigenvalue weighted by Gasteiger charge is -2.29. The molecule has 1 aromatic heterocycles. The SMILES string of the molecule is CC[n+]1c(C=Cc2ccc(N(CC(F)(F)F)C(C)C(=O)O)cc2)sc2ccc(Cl)cc21. The molecule has 0 aliphatic heterocycles. The number of carbonyl (C=O) groups is 1. The molecular weight excluding hydrogens is 449 g/mol. The van der Waals surface area contributed by atoms with E-state index in [9.17, 15) is 23.1 Å². The van der Waals surface area contributed by atoms with Crippen LogP contribution in [0.3, 0.4) is 0 Å². The average molecular weight is 470 g/mol. The van der Waals surface area contributed by atoms with Crippen LogP contribution in [0.1, 0.15) is 24.4 Å². The van der Waals surface area contributed by atoms with Crippen molar-refractivity contribution in [2.24, 2.45) is 0 Å². The number of carboxylic acid groups (broad SMARTS) is 1. The van der Waals surface area contributed by atoms with Crippen LogP contribution >= 0.6 is 22.9 Å². The highest BCUT2D eigenvalue weighted by atomic mass is 35.5. The number of halogens is 4. The van der Waals surface area contributed by atoms with E-state index in [2.05, 4.69) is 4.57 Å². The van der Waals surface area contributed by atoms with E-state index in [1.807, 2.05) is 37.3 Å². The van der Waals surface area contributed by atoms with E-state index >= 15 is 0 Å². The predicted octanol–water partition coefficient (Wildman–Crippen LogP) is 5.87. The zero-order valence-electron chi connectivity index (χ0n) is 16.9. The highest BCUT2D eigenvalue weighted by Gasteiger charge is 2.35. The summed E-state index contributed by atoms with van der Waals surface area (Å²) in [4.78, 5) is 12.1. The molecule has 4 nitrogen and oxygen atoms in total. The number of carboxylic acids is 1. The molecule has 2 aromatic carbocycles. The molecule has 3 rings (SSSR count). The highest BCUT2D eigenvalue weighted by Crippen LogP contribution is 2.27. The number of thiazole rings is 1. The fourth-order valence-electron chi connectivity index (χ4n) is 3.25. The summed E-state index contributed by atoms with van der Waals surface area (Å²) in [7, 11) is 0. The van der Waals surface area contributed by atoms with Gasteiger partial charge in [-0.1, -0.05) is 35.1 Å². The van der Waals surface area contributed by atoms with Crippen molar-refractivity contribution in [1.29, 1.82) is 0 Å². The van der Waals surface area contributed by atoms with Crippen LogP contribution in [0.5, 0.6) is 0 Å². The van der Waals surface area contributed by atoms with E-state index in [1.165, 1.54) is 19.1 Å². The van der Waals surface area contributed by atoms with E-state index in [0.717, 1.165) is 32.2 Å². The van der Waals surface area contributed by atoms with Gasteiger partial charge in [-0.3, -0.25) is 0 Å². The van der Waals surface area contributed by atoms with Crippen molar-refractivity contribution >= 4 is 57.0 Å². The third-order valence-corrected chi connectivity index (χ3v) is 6.19. The summed E-state index contributed by atoms with van der Waals surface area (Å²) < 4.78 is 42.0. The van der Waals surface area contributed by atoms with Crippen LogP contribution < -0.4 is 9.47 Å². The molecule has 1 N–H and O–H groups in total. The summed E-state index contributed by atoms with van der Waals surface area (Å²) in [5.41, 5.74) is 2.03. The fourth-order valence-corrected chi connectivity index (χ4v) is 4.52. The molecule has 1 heterocycles. The van der Waals surface area contributed by atoms with Gasteiger partial charge in [0.1, 0.15) is 23.8 Å². The van der Waals surface area contributed by atoms with Gasteiger partial charge in [0.25, 0.3) is 5.01 Å². The van der Waals surface area contributed by atoms with E-state index in [-0.39, 0.29) is 5.69 Å². The maximum atomic E-state index is 12.9. The minimum Gasteiger partial charge on any atom is -0.480 e. The lowest BCUT2D eigenvalue weighted by Crippen LogP contribution is -2.44. The van der Waals surface area contributed by atoms with Crippen molar-refractivity contribution < 1.29 is 27.6 Å². The molecule has 0 aliphatic carbocycles. The smallest absolute Gasteiger partial charge is 0.405 e. The molecular formula is C22H21ClF3N2O2S+. The quantitative estimate of drug-likeness (QED) is 0.440. The van der Waals surface area contributed by atoms with Gasteiger partial charge in [-0.05, 0) is 49.8 Å². The standard InChI is InChI=1S/C22H20ClF3N2O2S/c1-3-27-18-12-16(23)7-10-19(18)31-20(27)11-6-15-4-8-17(9-5-15)28(13-22(24,25)26)14(2)21(29)30/h4-12,14H,3,13H2,1-2H3/p+1. The number of alkyl halides is 3. The number of fused-ring (bicyclic) bond motifs is 1.